The van der Waals surface area contributed by atoms with Crippen LogP contribution in [0.5, 0.6) is 0 Å². The second-order valence-corrected chi connectivity index (χ2v) is 7.18. The Labute approximate surface area is 130 Å². The molecule has 0 aliphatic carbocycles. The molecule has 1 aromatic rings. The molecule has 1 fully saturated rings. The van der Waals surface area contributed by atoms with Crippen LogP contribution in [0.3, 0.4) is 0 Å². The van der Waals surface area contributed by atoms with Crippen LogP contribution in [0.4, 0.5) is 0 Å². The fourth-order valence-corrected chi connectivity index (χ4v) is 3.58. The number of aryl methyl sites for hydroxylation is 1. The molecule has 0 saturated carbocycles. The second-order valence-electron chi connectivity index (χ2n) is 5.14. The van der Waals surface area contributed by atoms with Crippen LogP contribution in [0.2, 0.25) is 0 Å². The van der Waals surface area contributed by atoms with Gasteiger partial charge in [-0.05, 0) is 0 Å². The number of rotatable bonds is 6. The predicted molar refractivity (Wildman–Crippen MR) is 77.7 cm³/mol. The van der Waals surface area contributed by atoms with Crippen molar-refractivity contribution in [2.75, 3.05) is 39.8 Å². The van der Waals surface area contributed by atoms with E-state index < -0.39 is 10.2 Å². The molecule has 0 unspecified atom stereocenters. The highest BCUT2D eigenvalue weighted by molar-refractivity contribution is 7.86. The van der Waals surface area contributed by atoms with Crippen molar-refractivity contribution in [1.82, 2.24) is 23.7 Å². The first-order valence-electron chi connectivity index (χ1n) is 7.03. The Morgan fingerprint density at radius 3 is 2.59 bits per heavy atom. The minimum absolute atomic E-state index is 0.187. The third-order valence-corrected chi connectivity index (χ3v) is 5.51. The molecule has 1 aromatic heterocycles. The maximum Gasteiger partial charge on any atom is 0.281 e. The molecule has 1 aliphatic heterocycles. The molecule has 0 bridgehead atoms. The molecule has 2 rings (SSSR count). The number of hydrogen-bond acceptors (Lipinski definition) is 7. The van der Waals surface area contributed by atoms with Crippen molar-refractivity contribution in [3.63, 3.8) is 0 Å². The monoisotopic (exact) mass is 328 g/mol. The molecular formula is C12H20N6O3S. The van der Waals surface area contributed by atoms with Crippen molar-refractivity contribution in [1.29, 1.82) is 5.26 Å². The van der Waals surface area contributed by atoms with Gasteiger partial charge in [0.1, 0.15) is 0 Å². The fraction of sp³-hybridized carbons (Fsp3) is 0.750. The zero-order chi connectivity index (χ0) is 16.2. The van der Waals surface area contributed by atoms with Gasteiger partial charge in [-0.2, -0.15) is 27.3 Å². The SMILES string of the molecule is Cc1nc(CN2CCN(S(=O)(=O)N(C)CCC#N)CC2)no1. The van der Waals surface area contributed by atoms with Gasteiger partial charge in [0, 0.05) is 53.1 Å². The van der Waals surface area contributed by atoms with Crippen molar-refractivity contribution in [3.8, 4) is 6.07 Å². The highest BCUT2D eigenvalue weighted by Crippen LogP contribution is 2.12. The zero-order valence-electron chi connectivity index (χ0n) is 12.8. The molecule has 0 spiro atoms. The first kappa shape index (κ1) is 16.8. The summed E-state index contributed by atoms with van der Waals surface area (Å²) in [4.78, 5) is 6.23. The molecule has 0 amide bonds. The molecule has 1 aliphatic rings. The van der Waals surface area contributed by atoms with E-state index in [2.05, 4.69) is 15.0 Å². The Hall–Kier alpha value is -1.54. The molecule has 22 heavy (non-hydrogen) atoms. The van der Waals surface area contributed by atoms with Gasteiger partial charge in [0.05, 0.1) is 12.6 Å². The largest absolute Gasteiger partial charge is 0.340 e. The van der Waals surface area contributed by atoms with E-state index in [0.29, 0.717) is 44.4 Å². The predicted octanol–water partition coefficient (Wildman–Crippen LogP) is -0.414. The minimum Gasteiger partial charge on any atom is -0.340 e. The first-order chi connectivity index (χ1) is 10.4. The van der Waals surface area contributed by atoms with Crippen molar-refractivity contribution in [3.05, 3.63) is 11.7 Å². The summed E-state index contributed by atoms with van der Waals surface area (Å²) in [6.45, 7) is 4.54. The standard InChI is InChI=1S/C12H20N6O3S/c1-11-14-12(15-21-11)10-17-6-8-18(9-7-17)22(19,20)16(2)5-3-4-13/h3,5-10H2,1-2H3. The van der Waals surface area contributed by atoms with Crippen LogP contribution < -0.4 is 0 Å². The summed E-state index contributed by atoms with van der Waals surface area (Å²) in [7, 11) is -1.99. The molecule has 0 aromatic carbocycles. The zero-order valence-corrected chi connectivity index (χ0v) is 13.6. The summed E-state index contributed by atoms with van der Waals surface area (Å²) in [5, 5.41) is 12.4. The Morgan fingerprint density at radius 1 is 1.36 bits per heavy atom. The third kappa shape index (κ3) is 4.01. The van der Waals surface area contributed by atoms with E-state index >= 15 is 0 Å². The Bertz CT molecular complexity index is 630. The van der Waals surface area contributed by atoms with Gasteiger partial charge in [0.15, 0.2) is 5.82 Å². The molecule has 0 atom stereocenters. The lowest BCUT2D eigenvalue weighted by Gasteiger charge is -2.35. The van der Waals surface area contributed by atoms with Crippen LogP contribution in [0.25, 0.3) is 0 Å². The lowest BCUT2D eigenvalue weighted by atomic mass is 10.3. The molecule has 122 valence electrons. The van der Waals surface area contributed by atoms with Crippen molar-refractivity contribution in [2.24, 2.45) is 0 Å². The minimum atomic E-state index is -3.49. The van der Waals surface area contributed by atoms with Gasteiger partial charge >= 0.3 is 0 Å². The molecule has 1 saturated heterocycles. The highest BCUT2D eigenvalue weighted by Gasteiger charge is 2.30. The topological polar surface area (TPSA) is 107 Å². The van der Waals surface area contributed by atoms with Gasteiger partial charge in [-0.1, -0.05) is 5.16 Å². The Kier molecular flexibility index (Phi) is 5.47. The molecule has 2 heterocycles. The molecule has 0 radical (unpaired) electrons. The normalized spacial score (nSPS) is 17.7. The quantitative estimate of drug-likeness (QED) is 0.698. The van der Waals surface area contributed by atoms with Crippen LogP contribution in [0.15, 0.2) is 4.52 Å². The lowest BCUT2D eigenvalue weighted by Crippen LogP contribution is -2.52. The number of hydrogen-bond donors (Lipinski definition) is 0. The Morgan fingerprint density at radius 2 is 2.05 bits per heavy atom. The second kappa shape index (κ2) is 7.15. The average molecular weight is 328 g/mol. The average Bonchev–Trinajstić information content (AvgIpc) is 2.90. The fourth-order valence-electron chi connectivity index (χ4n) is 2.24. The molecular weight excluding hydrogens is 308 g/mol. The van der Waals surface area contributed by atoms with Crippen molar-refractivity contribution >= 4 is 10.2 Å². The van der Waals surface area contributed by atoms with E-state index in [1.54, 1.807) is 6.92 Å². The van der Waals surface area contributed by atoms with Gasteiger partial charge in [-0.15, -0.1) is 0 Å². The Balaban J connectivity index is 1.87. The summed E-state index contributed by atoms with van der Waals surface area (Å²) in [5.74, 6) is 1.13. The first-order valence-corrected chi connectivity index (χ1v) is 8.43. The maximum atomic E-state index is 12.3. The summed E-state index contributed by atoms with van der Waals surface area (Å²) in [6.07, 6.45) is 0.187. The smallest absolute Gasteiger partial charge is 0.281 e. The summed E-state index contributed by atoms with van der Waals surface area (Å²) in [6, 6.07) is 1.95. The van der Waals surface area contributed by atoms with Crippen LogP contribution in [-0.4, -0.2) is 71.8 Å². The van der Waals surface area contributed by atoms with Gasteiger partial charge < -0.3 is 4.52 Å². The third-order valence-electron chi connectivity index (χ3n) is 3.52. The van der Waals surface area contributed by atoms with E-state index in [1.807, 2.05) is 6.07 Å². The lowest BCUT2D eigenvalue weighted by molar-refractivity contribution is 0.171. The van der Waals surface area contributed by atoms with Crippen LogP contribution in [0.1, 0.15) is 18.1 Å². The summed E-state index contributed by atoms with van der Waals surface area (Å²) in [5.41, 5.74) is 0. The van der Waals surface area contributed by atoms with Crippen LogP contribution in [0, 0.1) is 18.3 Å². The molecule has 10 heteroatoms. The van der Waals surface area contributed by atoms with Gasteiger partial charge in [0.25, 0.3) is 10.2 Å². The van der Waals surface area contributed by atoms with E-state index in [9.17, 15) is 8.42 Å². The van der Waals surface area contributed by atoms with Crippen LogP contribution >= 0.6 is 0 Å². The maximum absolute atomic E-state index is 12.3. The molecule has 0 N–H and O–H groups in total. The molecule has 9 nitrogen and oxygen atoms in total. The highest BCUT2D eigenvalue weighted by atomic mass is 32.2. The summed E-state index contributed by atoms with van der Waals surface area (Å²) >= 11 is 0. The number of piperazine rings is 1. The van der Waals surface area contributed by atoms with E-state index in [1.165, 1.54) is 15.7 Å². The van der Waals surface area contributed by atoms with Crippen molar-refractivity contribution < 1.29 is 12.9 Å². The number of nitrogens with zero attached hydrogens (tertiary/aromatic N) is 6. The van der Waals surface area contributed by atoms with E-state index in [0.717, 1.165) is 0 Å². The van der Waals surface area contributed by atoms with Crippen molar-refractivity contribution in [2.45, 2.75) is 19.9 Å². The van der Waals surface area contributed by atoms with Gasteiger partial charge in [-0.25, -0.2) is 0 Å². The van der Waals surface area contributed by atoms with Gasteiger partial charge in [-0.3, -0.25) is 4.90 Å². The van der Waals surface area contributed by atoms with Gasteiger partial charge in [0.2, 0.25) is 5.89 Å². The van der Waals surface area contributed by atoms with Crippen LogP contribution in [-0.2, 0) is 16.8 Å². The van der Waals surface area contributed by atoms with E-state index in [4.69, 9.17) is 9.78 Å². The summed E-state index contributed by atoms with van der Waals surface area (Å²) < 4.78 is 32.3. The van der Waals surface area contributed by atoms with E-state index in [-0.39, 0.29) is 13.0 Å². The number of nitriles is 1. The number of aromatic nitrogens is 2.